The maximum absolute atomic E-state index is 10.0. The van der Waals surface area contributed by atoms with Crippen molar-refractivity contribution in [1.29, 1.82) is 0 Å². The van der Waals surface area contributed by atoms with E-state index >= 15 is 0 Å². The minimum atomic E-state index is -0.305. The molecule has 2 heteroatoms. The summed E-state index contributed by atoms with van der Waals surface area (Å²) >= 11 is 0. The zero-order valence-electron chi connectivity index (χ0n) is 11.3. The molecule has 0 amide bonds. The highest BCUT2D eigenvalue weighted by Gasteiger charge is 2.61. The number of aliphatic hydroxyl groups is 1. The van der Waals surface area contributed by atoms with Crippen molar-refractivity contribution in [2.45, 2.75) is 36.6 Å². The second-order valence-corrected chi connectivity index (χ2v) is 5.83. The molecule has 1 aliphatic carbocycles. The summed E-state index contributed by atoms with van der Waals surface area (Å²) < 4.78 is 5.86. The van der Waals surface area contributed by atoms with Crippen molar-refractivity contribution < 1.29 is 9.84 Å². The van der Waals surface area contributed by atoms with Gasteiger partial charge in [-0.3, -0.25) is 0 Å². The van der Waals surface area contributed by atoms with Gasteiger partial charge in [-0.2, -0.15) is 0 Å². The van der Waals surface area contributed by atoms with E-state index in [2.05, 4.69) is 48.5 Å². The minimum absolute atomic E-state index is 0.00385. The maximum atomic E-state index is 10.0. The number of ether oxygens (including phenoxy) is 1. The van der Waals surface area contributed by atoms with Gasteiger partial charge in [-0.1, -0.05) is 60.7 Å². The lowest BCUT2D eigenvalue weighted by atomic mass is 9.64. The summed E-state index contributed by atoms with van der Waals surface area (Å²) in [4.78, 5) is 0. The molecule has 1 aliphatic heterocycles. The van der Waals surface area contributed by atoms with E-state index in [1.807, 2.05) is 12.1 Å². The topological polar surface area (TPSA) is 32.8 Å². The van der Waals surface area contributed by atoms with Gasteiger partial charge in [0.1, 0.15) is 12.2 Å². The summed E-state index contributed by atoms with van der Waals surface area (Å²) in [5, 5.41) is 10.0. The lowest BCUT2D eigenvalue weighted by molar-refractivity contribution is 0.117. The molecule has 0 bridgehead atoms. The van der Waals surface area contributed by atoms with Crippen LogP contribution in [0.15, 0.2) is 60.7 Å². The van der Waals surface area contributed by atoms with Gasteiger partial charge in [0.2, 0.25) is 0 Å². The van der Waals surface area contributed by atoms with Gasteiger partial charge in [0, 0.05) is 5.41 Å². The van der Waals surface area contributed by atoms with Gasteiger partial charge in [-0.15, -0.1) is 0 Å². The van der Waals surface area contributed by atoms with E-state index in [1.54, 1.807) is 0 Å². The van der Waals surface area contributed by atoms with E-state index < -0.39 is 0 Å². The molecule has 4 rings (SSSR count). The Morgan fingerprint density at radius 3 is 2.00 bits per heavy atom. The molecule has 0 aromatic heterocycles. The molecule has 2 nitrogen and oxygen atoms in total. The highest BCUT2D eigenvalue weighted by atomic mass is 16.6. The number of rotatable bonds is 2. The Labute approximate surface area is 119 Å². The molecular weight excluding hydrogens is 248 g/mol. The van der Waals surface area contributed by atoms with E-state index in [1.165, 1.54) is 11.1 Å². The van der Waals surface area contributed by atoms with E-state index in [0.717, 1.165) is 12.8 Å². The number of fused-ring (bicyclic) bond motifs is 1. The van der Waals surface area contributed by atoms with Crippen LogP contribution in [0.4, 0.5) is 0 Å². The predicted molar refractivity (Wildman–Crippen MR) is 77.6 cm³/mol. The van der Waals surface area contributed by atoms with Gasteiger partial charge in [-0.05, 0) is 24.0 Å². The van der Waals surface area contributed by atoms with Crippen LogP contribution in [-0.4, -0.2) is 23.4 Å². The van der Waals surface area contributed by atoms with Crippen molar-refractivity contribution in [2.24, 2.45) is 0 Å². The van der Waals surface area contributed by atoms with Gasteiger partial charge in [0.15, 0.2) is 0 Å². The van der Waals surface area contributed by atoms with E-state index in [9.17, 15) is 5.11 Å². The Balaban J connectivity index is 1.87. The molecule has 1 N–H and O–H groups in total. The molecule has 102 valence electrons. The summed E-state index contributed by atoms with van der Waals surface area (Å²) in [5.41, 5.74) is 2.49. The lowest BCUT2D eigenvalue weighted by Gasteiger charge is -2.37. The van der Waals surface area contributed by atoms with Crippen LogP contribution in [-0.2, 0) is 10.2 Å². The number of aliphatic hydroxyl groups excluding tert-OH is 1. The summed E-state index contributed by atoms with van der Waals surface area (Å²) in [6.45, 7) is 0. The molecule has 2 aromatic rings. The van der Waals surface area contributed by atoms with Crippen LogP contribution in [0.25, 0.3) is 0 Å². The van der Waals surface area contributed by atoms with Crippen molar-refractivity contribution in [3.05, 3.63) is 71.8 Å². The van der Waals surface area contributed by atoms with Crippen molar-refractivity contribution in [3.8, 4) is 0 Å². The molecule has 0 spiro atoms. The van der Waals surface area contributed by atoms with Gasteiger partial charge >= 0.3 is 0 Å². The van der Waals surface area contributed by atoms with Crippen LogP contribution in [0.5, 0.6) is 0 Å². The lowest BCUT2D eigenvalue weighted by Crippen LogP contribution is -2.42. The number of epoxide rings is 1. The average molecular weight is 266 g/mol. The molecule has 2 aliphatic rings. The third-order valence-corrected chi connectivity index (χ3v) is 4.80. The molecule has 0 radical (unpaired) electrons. The Hall–Kier alpha value is -1.64. The minimum Gasteiger partial charge on any atom is -0.390 e. The van der Waals surface area contributed by atoms with Crippen molar-refractivity contribution in [3.63, 3.8) is 0 Å². The second-order valence-electron chi connectivity index (χ2n) is 5.83. The number of hydrogen-bond acceptors (Lipinski definition) is 2. The molecular formula is C18H18O2. The fourth-order valence-electron chi connectivity index (χ4n) is 3.75. The van der Waals surface area contributed by atoms with Crippen LogP contribution in [0.1, 0.15) is 24.0 Å². The first-order valence-corrected chi connectivity index (χ1v) is 7.27. The van der Waals surface area contributed by atoms with Gasteiger partial charge in [-0.25, -0.2) is 0 Å². The Morgan fingerprint density at radius 2 is 1.45 bits per heavy atom. The largest absolute Gasteiger partial charge is 0.390 e. The second kappa shape index (κ2) is 4.44. The van der Waals surface area contributed by atoms with Gasteiger partial charge in [0.05, 0.1) is 6.10 Å². The van der Waals surface area contributed by atoms with Crippen LogP contribution in [0, 0.1) is 0 Å². The maximum Gasteiger partial charge on any atom is 0.111 e. The zero-order chi connectivity index (χ0) is 13.6. The number of benzene rings is 2. The fraction of sp³-hybridized carbons (Fsp3) is 0.333. The summed E-state index contributed by atoms with van der Waals surface area (Å²) in [6, 6.07) is 21.2. The first-order chi connectivity index (χ1) is 9.82. The molecule has 0 unspecified atom stereocenters. The SMILES string of the molecule is O[C@@H]1CCC(c2ccccc2)(c2ccccc2)[C@@H]2O[C@H]12. The summed E-state index contributed by atoms with van der Waals surface area (Å²) in [5.74, 6) is 0. The standard InChI is InChI=1S/C18H18O2/c19-15-11-12-18(17-16(15)20-17,13-7-3-1-4-8-13)14-9-5-2-6-10-14/h1-10,15-17,19H,11-12H2/t15-,16-,17-/m1/s1. The quantitative estimate of drug-likeness (QED) is 0.848. The number of hydrogen-bond donors (Lipinski definition) is 1. The molecule has 2 fully saturated rings. The molecule has 2 aromatic carbocycles. The Kier molecular flexibility index (Phi) is 2.69. The summed E-state index contributed by atoms with van der Waals surface area (Å²) in [6.07, 6.45) is 1.54. The van der Waals surface area contributed by atoms with Gasteiger partial charge < -0.3 is 9.84 Å². The van der Waals surface area contributed by atoms with Crippen molar-refractivity contribution in [2.75, 3.05) is 0 Å². The average Bonchev–Trinajstić information content (AvgIpc) is 3.32. The highest BCUT2D eigenvalue weighted by Crippen LogP contribution is 2.54. The van der Waals surface area contributed by atoms with Crippen molar-refractivity contribution in [1.82, 2.24) is 0 Å². The van der Waals surface area contributed by atoms with Crippen LogP contribution in [0.3, 0.4) is 0 Å². The third kappa shape index (κ3) is 1.65. The Morgan fingerprint density at radius 1 is 0.900 bits per heavy atom. The van der Waals surface area contributed by atoms with Crippen LogP contribution >= 0.6 is 0 Å². The van der Waals surface area contributed by atoms with E-state index in [0.29, 0.717) is 0 Å². The summed E-state index contributed by atoms with van der Waals surface area (Å²) in [7, 11) is 0. The van der Waals surface area contributed by atoms with Crippen molar-refractivity contribution >= 4 is 0 Å². The highest BCUT2D eigenvalue weighted by molar-refractivity contribution is 5.44. The van der Waals surface area contributed by atoms with Crippen LogP contribution in [0.2, 0.25) is 0 Å². The monoisotopic (exact) mass is 266 g/mol. The molecule has 20 heavy (non-hydrogen) atoms. The van der Waals surface area contributed by atoms with Gasteiger partial charge in [0.25, 0.3) is 0 Å². The molecule has 1 saturated carbocycles. The molecule has 1 saturated heterocycles. The smallest absolute Gasteiger partial charge is 0.111 e. The van der Waals surface area contributed by atoms with E-state index in [-0.39, 0.29) is 23.7 Å². The molecule has 3 atom stereocenters. The molecule has 1 heterocycles. The van der Waals surface area contributed by atoms with Crippen LogP contribution < -0.4 is 0 Å². The zero-order valence-corrected chi connectivity index (χ0v) is 11.3. The first kappa shape index (κ1) is 12.1. The third-order valence-electron chi connectivity index (χ3n) is 4.80. The Bertz CT molecular complexity index is 554. The predicted octanol–water partition coefficient (Wildman–Crippen LogP) is 2.89. The fourth-order valence-corrected chi connectivity index (χ4v) is 3.75. The normalized spacial score (nSPS) is 30.6. The van der Waals surface area contributed by atoms with E-state index in [4.69, 9.17) is 4.74 Å². The first-order valence-electron chi connectivity index (χ1n) is 7.27.